The first-order valence-corrected chi connectivity index (χ1v) is 8.25. The smallest absolute Gasteiger partial charge is 0.243 e. The number of hydroxylamine groups is 1. The highest BCUT2D eigenvalue weighted by Crippen LogP contribution is 2.26. The quantitative estimate of drug-likeness (QED) is 0.345. The second kappa shape index (κ2) is 7.75. The fraction of sp³-hybridized carbons (Fsp3) is 0.923. The van der Waals surface area contributed by atoms with Gasteiger partial charge in [0.05, 0.1) is 0 Å². The Morgan fingerprint density at radius 2 is 1.95 bits per heavy atom. The third-order valence-corrected chi connectivity index (χ3v) is 4.97. The highest BCUT2D eigenvalue weighted by molar-refractivity contribution is 7.92. The summed E-state index contributed by atoms with van der Waals surface area (Å²) >= 11 is 0.383. The van der Waals surface area contributed by atoms with Crippen LogP contribution in [0, 0.1) is 0 Å². The molecule has 0 aromatic heterocycles. The van der Waals surface area contributed by atoms with Gasteiger partial charge in [-0.05, 0) is 39.5 Å². The Bertz CT molecular complexity index is 350. The minimum Gasteiger partial charge on any atom is -0.338 e. The summed E-state index contributed by atoms with van der Waals surface area (Å²) in [5, 5.41) is 18.1. The third-order valence-electron chi connectivity index (χ3n) is 4.49. The summed E-state index contributed by atoms with van der Waals surface area (Å²) in [6.45, 7) is 7.15. The molecule has 0 spiro atoms. The fourth-order valence-corrected chi connectivity index (χ4v) is 3.62. The predicted octanol–water partition coefficient (Wildman–Crippen LogP) is 1.59. The van der Waals surface area contributed by atoms with E-state index in [-0.39, 0.29) is 11.9 Å². The average Bonchev–Trinajstić information content (AvgIpc) is 2.48. The van der Waals surface area contributed by atoms with Crippen molar-refractivity contribution in [2.45, 2.75) is 57.7 Å². The van der Waals surface area contributed by atoms with E-state index in [0.29, 0.717) is 29.2 Å². The SMILES string of the molecule is CC(C)N1CCC(N2CCCC(N(O)SOO)C2=O)CC1. The first-order chi connectivity index (χ1) is 10.0. The first kappa shape index (κ1) is 17.0. The molecule has 2 heterocycles. The van der Waals surface area contributed by atoms with Gasteiger partial charge in [0.2, 0.25) is 5.91 Å². The van der Waals surface area contributed by atoms with E-state index >= 15 is 0 Å². The van der Waals surface area contributed by atoms with E-state index < -0.39 is 6.04 Å². The lowest BCUT2D eigenvalue weighted by Gasteiger charge is -2.43. The number of amides is 1. The average molecular weight is 319 g/mol. The van der Waals surface area contributed by atoms with E-state index in [4.69, 9.17) is 5.26 Å². The van der Waals surface area contributed by atoms with E-state index in [1.54, 1.807) is 0 Å². The van der Waals surface area contributed by atoms with Crippen LogP contribution >= 0.6 is 12.2 Å². The molecular weight excluding hydrogens is 294 g/mol. The Hall–Kier alpha value is -0.380. The van der Waals surface area contributed by atoms with Crippen LogP contribution in [0.1, 0.15) is 39.5 Å². The molecule has 21 heavy (non-hydrogen) atoms. The lowest BCUT2D eigenvalue weighted by atomic mass is 9.97. The number of hydrogen-bond acceptors (Lipinski definition) is 7. The second-order valence-corrected chi connectivity index (χ2v) is 6.67. The van der Waals surface area contributed by atoms with Crippen molar-refractivity contribution in [1.82, 2.24) is 14.3 Å². The molecule has 0 radical (unpaired) electrons. The van der Waals surface area contributed by atoms with Gasteiger partial charge in [-0.2, -0.15) is 0 Å². The number of nitrogens with zero attached hydrogens (tertiary/aromatic N) is 3. The molecule has 0 aromatic carbocycles. The molecule has 122 valence electrons. The minimum absolute atomic E-state index is 0.0729. The summed E-state index contributed by atoms with van der Waals surface area (Å²) in [5.41, 5.74) is 0. The summed E-state index contributed by atoms with van der Waals surface area (Å²) in [5.74, 6) is -0.0729. The van der Waals surface area contributed by atoms with Crippen LogP contribution in [0.4, 0.5) is 0 Å². The normalized spacial score (nSPS) is 26.1. The molecule has 0 aliphatic carbocycles. The summed E-state index contributed by atoms with van der Waals surface area (Å²) < 4.78 is 4.55. The van der Waals surface area contributed by atoms with Crippen molar-refractivity contribution >= 4 is 18.1 Å². The Morgan fingerprint density at radius 1 is 1.29 bits per heavy atom. The first-order valence-electron chi connectivity index (χ1n) is 7.55. The van der Waals surface area contributed by atoms with Gasteiger partial charge in [-0.15, -0.1) is 4.33 Å². The topological polar surface area (TPSA) is 76.5 Å². The van der Waals surface area contributed by atoms with Gasteiger partial charge in [0, 0.05) is 31.7 Å². The number of rotatable bonds is 5. The van der Waals surface area contributed by atoms with E-state index in [0.717, 1.165) is 38.9 Å². The summed E-state index contributed by atoms with van der Waals surface area (Å²) in [7, 11) is 0. The Morgan fingerprint density at radius 3 is 2.52 bits per heavy atom. The molecule has 7 nitrogen and oxygen atoms in total. The van der Waals surface area contributed by atoms with Crippen molar-refractivity contribution in [3.63, 3.8) is 0 Å². The number of carbonyl (C=O) groups is 1. The molecule has 0 bridgehead atoms. The highest BCUT2D eigenvalue weighted by Gasteiger charge is 2.38. The molecule has 2 saturated heterocycles. The number of carbonyl (C=O) groups excluding carboxylic acids is 1. The fourth-order valence-electron chi connectivity index (χ4n) is 3.25. The van der Waals surface area contributed by atoms with E-state index in [9.17, 15) is 10.0 Å². The molecule has 0 aromatic rings. The maximum Gasteiger partial charge on any atom is 0.243 e. The summed E-state index contributed by atoms with van der Waals surface area (Å²) in [6.07, 6.45) is 3.38. The lowest BCUT2D eigenvalue weighted by molar-refractivity contribution is -0.160. The van der Waals surface area contributed by atoms with E-state index in [1.165, 1.54) is 0 Å². The second-order valence-electron chi connectivity index (χ2n) is 6.00. The molecule has 2 aliphatic rings. The molecule has 1 unspecified atom stereocenters. The molecule has 2 N–H and O–H groups in total. The van der Waals surface area contributed by atoms with Crippen molar-refractivity contribution in [3.8, 4) is 0 Å². The van der Waals surface area contributed by atoms with Gasteiger partial charge in [0.1, 0.15) is 18.3 Å². The maximum absolute atomic E-state index is 12.5. The van der Waals surface area contributed by atoms with Crippen LogP contribution in [0.25, 0.3) is 0 Å². The molecule has 2 fully saturated rings. The highest BCUT2D eigenvalue weighted by atomic mass is 32.2. The van der Waals surface area contributed by atoms with Crippen molar-refractivity contribution < 1.29 is 19.6 Å². The van der Waals surface area contributed by atoms with Crippen molar-refractivity contribution in [3.05, 3.63) is 0 Å². The zero-order chi connectivity index (χ0) is 15.4. The van der Waals surface area contributed by atoms with Gasteiger partial charge in [0.25, 0.3) is 0 Å². The van der Waals surface area contributed by atoms with Crippen molar-refractivity contribution in [2.24, 2.45) is 0 Å². The van der Waals surface area contributed by atoms with Crippen LogP contribution in [0.15, 0.2) is 0 Å². The zero-order valence-electron chi connectivity index (χ0n) is 12.6. The van der Waals surface area contributed by atoms with Crippen LogP contribution < -0.4 is 0 Å². The Balaban J connectivity index is 1.92. The molecule has 2 rings (SSSR count). The summed E-state index contributed by atoms with van der Waals surface area (Å²) in [4.78, 5) is 16.8. The molecule has 1 amide bonds. The molecule has 2 aliphatic heterocycles. The van der Waals surface area contributed by atoms with E-state index in [1.807, 2.05) is 4.90 Å². The van der Waals surface area contributed by atoms with Crippen molar-refractivity contribution in [1.29, 1.82) is 0 Å². The van der Waals surface area contributed by atoms with Gasteiger partial charge in [-0.25, -0.2) is 5.26 Å². The number of hydrogen-bond donors (Lipinski definition) is 2. The van der Waals surface area contributed by atoms with Crippen molar-refractivity contribution in [2.75, 3.05) is 19.6 Å². The Kier molecular flexibility index (Phi) is 6.27. The van der Waals surface area contributed by atoms with Gasteiger partial charge in [-0.3, -0.25) is 4.79 Å². The van der Waals surface area contributed by atoms with Gasteiger partial charge in [-0.1, -0.05) is 4.47 Å². The van der Waals surface area contributed by atoms with Crippen LogP contribution in [0.5, 0.6) is 0 Å². The van der Waals surface area contributed by atoms with Crippen LogP contribution in [-0.2, 0) is 9.13 Å². The predicted molar refractivity (Wildman–Crippen MR) is 79.4 cm³/mol. The monoisotopic (exact) mass is 319 g/mol. The Labute approximate surface area is 130 Å². The number of piperidine rings is 2. The van der Waals surface area contributed by atoms with Crippen LogP contribution in [0.3, 0.4) is 0 Å². The zero-order valence-corrected chi connectivity index (χ0v) is 13.5. The third kappa shape index (κ3) is 4.08. The largest absolute Gasteiger partial charge is 0.338 e. The van der Waals surface area contributed by atoms with Gasteiger partial charge in [0.15, 0.2) is 0 Å². The molecule has 1 atom stereocenters. The molecule has 0 saturated carbocycles. The number of likely N-dealkylation sites (tertiary alicyclic amines) is 2. The van der Waals surface area contributed by atoms with Crippen LogP contribution in [0.2, 0.25) is 0 Å². The maximum atomic E-state index is 12.5. The van der Waals surface area contributed by atoms with Gasteiger partial charge >= 0.3 is 0 Å². The lowest BCUT2D eigenvalue weighted by Crippen LogP contribution is -2.56. The summed E-state index contributed by atoms with van der Waals surface area (Å²) in [6, 6.07) is 0.157. The molecular formula is C13H25N3O4S. The van der Waals surface area contributed by atoms with Crippen LogP contribution in [-0.4, -0.2) is 68.4 Å². The van der Waals surface area contributed by atoms with E-state index in [2.05, 4.69) is 23.1 Å². The minimum atomic E-state index is -0.640. The standard InChI is InChI=1S/C13H25N3O4S/c1-10(2)14-8-5-11(6-9-14)15-7-3-4-12(13(15)17)16(18)21-20-19/h10-12,18-19H,3-9H2,1-2H3. The van der Waals surface area contributed by atoms with Gasteiger partial charge < -0.3 is 15.0 Å². The molecule has 8 heteroatoms.